The lowest BCUT2D eigenvalue weighted by Gasteiger charge is -2.48. The Morgan fingerprint density at radius 2 is 2.06 bits per heavy atom. The highest BCUT2D eigenvalue weighted by Gasteiger charge is 2.55. The number of β-lactam (4-membered cyclic amide) rings is 1. The fourth-order valence-electron chi connectivity index (χ4n) is 3.01. The molecule has 0 unspecified atom stereocenters. The van der Waals surface area contributed by atoms with Gasteiger partial charge in [-0.3, -0.25) is 14.5 Å². The minimum atomic E-state index is -1.45. The van der Waals surface area contributed by atoms with E-state index in [0.717, 1.165) is 28.0 Å². The van der Waals surface area contributed by atoms with Gasteiger partial charge in [0.15, 0.2) is 23.1 Å². The largest absolute Gasteiger partial charge is 0.483 e. The number of hydrogen-bond donors (Lipinski definition) is 4. The molecule has 1 saturated heterocycles. The number of amides is 2. The average molecular weight is 530 g/mol. The third-order valence-electron chi connectivity index (χ3n) is 4.42. The van der Waals surface area contributed by atoms with Gasteiger partial charge in [0.25, 0.3) is 11.8 Å². The fourth-order valence-corrected chi connectivity index (χ4v) is 4.84. The van der Waals surface area contributed by atoms with Crippen LogP contribution in [0, 0.1) is 0 Å². The lowest BCUT2D eigenvalue weighted by Crippen LogP contribution is -2.71. The van der Waals surface area contributed by atoms with Gasteiger partial charge < -0.3 is 35.6 Å². The lowest BCUT2D eigenvalue weighted by molar-refractivity contribution is -0.151. The molecule has 3 rings (SSSR count). The number of hydrogen-bond acceptors (Lipinski definition) is 13. The first kappa shape index (κ1) is 25.8. The summed E-state index contributed by atoms with van der Waals surface area (Å²) >= 11 is 2.10. The topological polar surface area (TPSA) is 220 Å². The van der Waals surface area contributed by atoms with E-state index in [4.69, 9.17) is 20.3 Å². The van der Waals surface area contributed by atoms with Gasteiger partial charge in [0.1, 0.15) is 22.9 Å². The number of carbonyl (C=O) groups excluding carboxylic acids is 3. The quantitative estimate of drug-likeness (QED) is 0.115. The summed E-state index contributed by atoms with van der Waals surface area (Å²) in [6, 6.07) is -1.13. The number of thiazole rings is 1. The fraction of sp³-hybridized carbons (Fsp3) is 0.389. The number of nitrogens with zero attached hydrogens (tertiary/aromatic N) is 3. The number of thioether (sulfide) groups is 1. The van der Waals surface area contributed by atoms with Crippen molar-refractivity contribution in [3.05, 3.63) is 22.5 Å². The molecule has 35 heavy (non-hydrogen) atoms. The summed E-state index contributed by atoms with van der Waals surface area (Å²) in [7, 11) is 0. The summed E-state index contributed by atoms with van der Waals surface area (Å²) in [6.45, 7) is 0.370. The van der Waals surface area contributed by atoms with E-state index in [0.29, 0.717) is 0 Å². The second-order valence-corrected chi connectivity index (χ2v) is 8.70. The molecule has 2 aliphatic heterocycles. The molecule has 0 aromatic carbocycles. The molecule has 1 aromatic rings. The van der Waals surface area contributed by atoms with Gasteiger partial charge in [-0.25, -0.2) is 19.4 Å². The van der Waals surface area contributed by atoms with Crippen LogP contribution >= 0.6 is 23.1 Å². The maximum absolute atomic E-state index is 12.8. The van der Waals surface area contributed by atoms with Gasteiger partial charge in [-0.05, 0) is 6.92 Å². The molecule has 188 valence electrons. The maximum atomic E-state index is 12.8. The molecule has 3 heterocycles. The first-order valence-corrected chi connectivity index (χ1v) is 11.7. The van der Waals surface area contributed by atoms with Crippen molar-refractivity contribution in [2.24, 2.45) is 5.16 Å². The molecular formula is C18H19N5O10S2. The van der Waals surface area contributed by atoms with Gasteiger partial charge in [-0.1, -0.05) is 5.16 Å². The van der Waals surface area contributed by atoms with E-state index < -0.39 is 65.8 Å². The van der Waals surface area contributed by atoms with Crippen molar-refractivity contribution >= 4 is 63.7 Å². The number of carboxylic acids is 2. The number of rotatable bonds is 11. The van der Waals surface area contributed by atoms with Gasteiger partial charge in [-0.15, -0.1) is 23.1 Å². The summed E-state index contributed by atoms with van der Waals surface area (Å²) in [5.74, 6) is -5.21. The van der Waals surface area contributed by atoms with Crippen LogP contribution in [0.5, 0.6) is 0 Å². The number of nitrogen functional groups attached to an aromatic ring is 1. The Kier molecular flexibility index (Phi) is 8.13. The highest BCUT2D eigenvalue weighted by atomic mass is 32.2. The van der Waals surface area contributed by atoms with Gasteiger partial charge in [0.2, 0.25) is 6.61 Å². The first-order valence-electron chi connectivity index (χ1n) is 9.77. The van der Waals surface area contributed by atoms with Crippen LogP contribution in [0.25, 0.3) is 0 Å². The SMILES string of the molecule is CCOC(=O)COC1=C(C(=O)O)N2C(=O)[C@@H](NC(=O)/C(=N\OCC(=O)O)c3csc(N)n3)[C@@H]2SC1. The van der Waals surface area contributed by atoms with Crippen LogP contribution in [-0.2, 0) is 38.3 Å². The predicted molar refractivity (Wildman–Crippen MR) is 119 cm³/mol. The van der Waals surface area contributed by atoms with Crippen LogP contribution < -0.4 is 11.1 Å². The maximum Gasteiger partial charge on any atom is 0.356 e. The highest BCUT2D eigenvalue weighted by molar-refractivity contribution is 8.00. The van der Waals surface area contributed by atoms with Gasteiger partial charge in [0.05, 0.1) is 12.4 Å². The summed E-state index contributed by atoms with van der Waals surface area (Å²) < 4.78 is 10.0. The van der Waals surface area contributed by atoms with Crippen molar-refractivity contribution in [3.8, 4) is 0 Å². The van der Waals surface area contributed by atoms with Gasteiger partial charge in [-0.2, -0.15) is 0 Å². The number of aliphatic carboxylic acids is 2. The van der Waals surface area contributed by atoms with Crippen molar-refractivity contribution in [1.29, 1.82) is 0 Å². The average Bonchev–Trinajstić information content (AvgIpc) is 3.23. The van der Waals surface area contributed by atoms with E-state index in [1.165, 1.54) is 5.38 Å². The molecule has 17 heteroatoms. The molecule has 0 spiro atoms. The molecule has 5 N–H and O–H groups in total. The number of fused-ring (bicyclic) bond motifs is 1. The minimum Gasteiger partial charge on any atom is -0.483 e. The van der Waals surface area contributed by atoms with Crippen LogP contribution in [-0.4, -0.2) is 92.5 Å². The van der Waals surface area contributed by atoms with E-state index >= 15 is 0 Å². The number of nitrogens with one attached hydrogen (secondary N) is 1. The summed E-state index contributed by atoms with van der Waals surface area (Å²) in [5.41, 5.74) is 4.71. The molecular weight excluding hydrogens is 510 g/mol. The van der Waals surface area contributed by atoms with E-state index in [-0.39, 0.29) is 28.9 Å². The Morgan fingerprint density at radius 3 is 2.66 bits per heavy atom. The first-order chi connectivity index (χ1) is 16.6. The zero-order valence-electron chi connectivity index (χ0n) is 18.0. The van der Waals surface area contributed by atoms with E-state index in [2.05, 4.69) is 20.3 Å². The molecule has 0 aliphatic carbocycles. The number of nitrogens with two attached hydrogens (primary N) is 1. The van der Waals surface area contributed by atoms with Crippen molar-refractivity contribution in [1.82, 2.24) is 15.2 Å². The van der Waals surface area contributed by atoms with Gasteiger partial charge >= 0.3 is 17.9 Å². The number of aromatic nitrogens is 1. The van der Waals surface area contributed by atoms with Crippen LogP contribution in [0.2, 0.25) is 0 Å². The molecule has 0 radical (unpaired) electrons. The van der Waals surface area contributed by atoms with Crippen LogP contribution in [0.1, 0.15) is 12.6 Å². The van der Waals surface area contributed by atoms with E-state index in [1.54, 1.807) is 6.92 Å². The van der Waals surface area contributed by atoms with Gasteiger partial charge in [0, 0.05) is 5.38 Å². The van der Waals surface area contributed by atoms with Crippen LogP contribution in [0.3, 0.4) is 0 Å². The van der Waals surface area contributed by atoms with Crippen molar-refractivity contribution < 1.29 is 48.5 Å². The second-order valence-electron chi connectivity index (χ2n) is 6.71. The molecule has 1 aromatic heterocycles. The zero-order chi connectivity index (χ0) is 25.7. The van der Waals surface area contributed by atoms with Crippen LogP contribution in [0.15, 0.2) is 22.0 Å². The zero-order valence-corrected chi connectivity index (χ0v) is 19.6. The molecule has 2 amide bonds. The summed E-state index contributed by atoms with van der Waals surface area (Å²) in [5, 5.41) is 25.0. The number of oxime groups is 1. The Labute approximate surface area is 204 Å². The molecule has 2 aliphatic rings. The summed E-state index contributed by atoms with van der Waals surface area (Å²) in [4.78, 5) is 69.2. The third kappa shape index (κ3) is 5.80. The highest BCUT2D eigenvalue weighted by Crippen LogP contribution is 2.40. The number of ether oxygens (including phenoxy) is 2. The van der Waals surface area contributed by atoms with Crippen molar-refractivity contribution in [2.75, 3.05) is 31.3 Å². The lowest BCUT2D eigenvalue weighted by atomic mass is 10.0. The summed E-state index contributed by atoms with van der Waals surface area (Å²) in [6.07, 6.45) is 0. The minimum absolute atomic E-state index is 0.00362. The molecule has 15 nitrogen and oxygen atoms in total. The molecule has 1 fully saturated rings. The molecule has 0 bridgehead atoms. The van der Waals surface area contributed by atoms with Crippen LogP contribution in [0.4, 0.5) is 5.13 Å². The molecule has 0 saturated carbocycles. The predicted octanol–water partition coefficient (Wildman–Crippen LogP) is -1.19. The normalized spacial score (nSPS) is 19.4. The Balaban J connectivity index is 1.75. The molecule has 2 atom stereocenters. The Hall–Kier alpha value is -3.86. The van der Waals surface area contributed by atoms with Crippen molar-refractivity contribution in [2.45, 2.75) is 18.3 Å². The third-order valence-corrected chi connectivity index (χ3v) is 6.34. The van der Waals surface area contributed by atoms with Crippen molar-refractivity contribution in [3.63, 3.8) is 0 Å². The monoisotopic (exact) mass is 529 g/mol. The standard InChI is InChI=1S/C18H19N5O10S2/c1-2-31-10(26)4-32-8-6-34-16-12(15(28)23(16)13(8)17(29)30)21-14(27)11(22-33-3-9(24)25)7-5-35-18(19)20-7/h5,12,16H,2-4,6H2,1H3,(H2,19,20)(H,21,27)(H,24,25)(H,29,30)/b22-11-/t12-,16+/m1/s1. The Morgan fingerprint density at radius 1 is 1.31 bits per heavy atom. The van der Waals surface area contributed by atoms with E-state index in [9.17, 15) is 29.1 Å². The number of carbonyl (C=O) groups is 5. The number of anilines is 1. The number of esters is 1. The van der Waals surface area contributed by atoms with E-state index in [1.807, 2.05) is 0 Å². The Bertz CT molecular complexity index is 1120. The second kappa shape index (κ2) is 11.0. The number of carboxylic acid groups (broad SMARTS) is 2. The smallest absolute Gasteiger partial charge is 0.356 e.